The Morgan fingerprint density at radius 3 is 2.57 bits per heavy atom. The molecule has 4 rings (SSSR count). The van der Waals surface area contributed by atoms with Gasteiger partial charge in [-0.05, 0) is 19.1 Å². The highest BCUT2D eigenvalue weighted by molar-refractivity contribution is 8.00. The van der Waals surface area contributed by atoms with Crippen molar-refractivity contribution in [2.24, 2.45) is 0 Å². The lowest BCUT2D eigenvalue weighted by Gasteiger charge is -2.18. The number of hydrogen-bond acceptors (Lipinski definition) is 6. The van der Waals surface area contributed by atoms with Gasteiger partial charge < -0.3 is 0 Å². The van der Waals surface area contributed by atoms with Crippen molar-refractivity contribution in [3.8, 4) is 11.3 Å². The van der Waals surface area contributed by atoms with Gasteiger partial charge in [0.2, 0.25) is 5.91 Å². The average Bonchev–Trinajstić information content (AvgIpc) is 3.38. The topological polar surface area (TPSA) is 46.1 Å². The summed E-state index contributed by atoms with van der Waals surface area (Å²) in [5, 5.41) is 4.41. The number of thiazole rings is 2. The number of rotatable bonds is 6. The Kier molecular flexibility index (Phi) is 6.26. The molecule has 0 spiro atoms. The highest BCUT2D eigenvalue weighted by Crippen LogP contribution is 2.34. The molecule has 0 atom stereocenters. The van der Waals surface area contributed by atoms with Crippen LogP contribution in [0.2, 0.25) is 0 Å². The van der Waals surface area contributed by atoms with Gasteiger partial charge in [0.1, 0.15) is 5.82 Å². The molecule has 0 N–H and O–H groups in total. The van der Waals surface area contributed by atoms with Crippen LogP contribution in [0.25, 0.3) is 11.3 Å². The van der Waals surface area contributed by atoms with E-state index in [-0.39, 0.29) is 11.6 Å². The molecule has 8 heteroatoms. The van der Waals surface area contributed by atoms with Gasteiger partial charge in [-0.2, -0.15) is 0 Å². The molecule has 0 unspecified atom stereocenters. The third-order valence-corrected chi connectivity index (χ3v) is 7.24. The molecular weight excluding hydrogens is 437 g/mol. The second-order valence-corrected chi connectivity index (χ2v) is 9.50. The molecule has 4 nitrogen and oxygen atoms in total. The Morgan fingerprint density at radius 1 is 1.07 bits per heavy atom. The molecule has 2 aromatic heterocycles. The molecule has 152 valence electrons. The number of thioether (sulfide) groups is 1. The molecule has 1 amide bonds. The molecule has 4 aromatic rings. The molecule has 0 aliphatic heterocycles. The lowest BCUT2D eigenvalue weighted by molar-refractivity contribution is -0.115. The van der Waals surface area contributed by atoms with E-state index in [4.69, 9.17) is 4.98 Å². The molecule has 2 aromatic carbocycles. The second-order valence-electron chi connectivity index (χ2n) is 6.58. The summed E-state index contributed by atoms with van der Waals surface area (Å²) in [6, 6.07) is 14.5. The maximum Gasteiger partial charge on any atom is 0.230 e. The SMILES string of the molecule is CC(=O)N(c1nc(CSc2nc(-c3ccc(C)cc3)cs2)cs1)c1ccccc1F. The number of carbonyl (C=O) groups excluding carboxylic acids is 1. The van der Waals surface area contributed by atoms with Crippen LogP contribution >= 0.6 is 34.4 Å². The summed E-state index contributed by atoms with van der Waals surface area (Å²) in [6.07, 6.45) is 0. The Bertz CT molecular complexity index is 1170. The minimum Gasteiger partial charge on any atom is -0.274 e. The minimum atomic E-state index is -0.453. The van der Waals surface area contributed by atoms with Gasteiger partial charge in [0.05, 0.1) is 17.1 Å². The van der Waals surface area contributed by atoms with Crippen LogP contribution in [0, 0.1) is 12.7 Å². The number of para-hydroxylation sites is 1. The van der Waals surface area contributed by atoms with Gasteiger partial charge in [-0.1, -0.05) is 53.7 Å². The van der Waals surface area contributed by atoms with Gasteiger partial charge in [0.15, 0.2) is 9.47 Å². The first-order valence-electron chi connectivity index (χ1n) is 9.16. The van der Waals surface area contributed by atoms with Gasteiger partial charge in [0.25, 0.3) is 0 Å². The first-order chi connectivity index (χ1) is 14.5. The van der Waals surface area contributed by atoms with Crippen molar-refractivity contribution >= 4 is 51.2 Å². The smallest absolute Gasteiger partial charge is 0.230 e. The number of hydrogen-bond donors (Lipinski definition) is 0. The van der Waals surface area contributed by atoms with Crippen molar-refractivity contribution in [2.45, 2.75) is 23.9 Å². The Hall–Kier alpha value is -2.55. The van der Waals surface area contributed by atoms with Gasteiger partial charge >= 0.3 is 0 Å². The van der Waals surface area contributed by atoms with Gasteiger partial charge in [-0.15, -0.1) is 22.7 Å². The van der Waals surface area contributed by atoms with Crippen LogP contribution in [0.3, 0.4) is 0 Å². The number of aryl methyl sites for hydroxylation is 1. The molecular formula is C22H18FN3OS3. The van der Waals surface area contributed by atoms with Gasteiger partial charge in [-0.25, -0.2) is 14.4 Å². The second kappa shape index (κ2) is 9.07. The van der Waals surface area contributed by atoms with E-state index in [0.717, 1.165) is 21.3 Å². The van der Waals surface area contributed by atoms with E-state index in [1.165, 1.54) is 34.8 Å². The third-order valence-electron chi connectivity index (χ3n) is 4.31. The monoisotopic (exact) mass is 455 g/mol. The summed E-state index contributed by atoms with van der Waals surface area (Å²) in [5.41, 5.74) is 4.32. The zero-order valence-electron chi connectivity index (χ0n) is 16.3. The summed E-state index contributed by atoms with van der Waals surface area (Å²) in [7, 11) is 0. The Labute approximate surface area is 186 Å². The molecule has 30 heavy (non-hydrogen) atoms. The van der Waals surface area contributed by atoms with Crippen LogP contribution in [0.4, 0.5) is 15.2 Å². The normalized spacial score (nSPS) is 10.9. The lowest BCUT2D eigenvalue weighted by Crippen LogP contribution is -2.23. The van der Waals surface area contributed by atoms with Crippen LogP contribution in [-0.2, 0) is 10.5 Å². The standard InChI is InChI=1S/C22H18FN3OS3/c1-14-7-9-16(10-8-14)19-13-30-22(25-19)29-12-17-11-28-21(24-17)26(15(2)27)20-6-4-3-5-18(20)23/h3-11,13H,12H2,1-2H3. The number of aromatic nitrogens is 2. The van der Waals surface area contributed by atoms with Crippen LogP contribution < -0.4 is 4.90 Å². The summed E-state index contributed by atoms with van der Waals surface area (Å²) in [6.45, 7) is 3.47. The summed E-state index contributed by atoms with van der Waals surface area (Å²) in [4.78, 5) is 22.7. The molecule has 0 fully saturated rings. The molecule has 2 heterocycles. The number of nitrogens with zero attached hydrogens (tertiary/aromatic N) is 3. The Balaban J connectivity index is 1.47. The number of carbonyl (C=O) groups is 1. The van der Waals surface area contributed by atoms with Crippen molar-refractivity contribution in [3.63, 3.8) is 0 Å². The van der Waals surface area contributed by atoms with E-state index in [2.05, 4.69) is 41.6 Å². The molecule has 0 saturated heterocycles. The zero-order valence-corrected chi connectivity index (χ0v) is 18.8. The fourth-order valence-corrected chi connectivity index (χ4v) is 5.53. The highest BCUT2D eigenvalue weighted by Gasteiger charge is 2.21. The van der Waals surface area contributed by atoms with Crippen LogP contribution in [0.5, 0.6) is 0 Å². The van der Waals surface area contributed by atoms with Crippen molar-refractivity contribution in [3.05, 3.63) is 76.4 Å². The van der Waals surface area contributed by atoms with Crippen molar-refractivity contribution in [1.82, 2.24) is 9.97 Å². The van der Waals surface area contributed by atoms with Crippen molar-refractivity contribution in [1.29, 1.82) is 0 Å². The highest BCUT2D eigenvalue weighted by atomic mass is 32.2. The maximum absolute atomic E-state index is 14.2. The van der Waals surface area contributed by atoms with Crippen LogP contribution in [0.15, 0.2) is 63.6 Å². The van der Waals surface area contributed by atoms with E-state index in [1.54, 1.807) is 41.3 Å². The minimum absolute atomic E-state index is 0.209. The molecule has 0 radical (unpaired) electrons. The summed E-state index contributed by atoms with van der Waals surface area (Å²) >= 11 is 4.52. The first kappa shape index (κ1) is 20.7. The lowest BCUT2D eigenvalue weighted by atomic mass is 10.1. The summed E-state index contributed by atoms with van der Waals surface area (Å²) in [5.74, 6) is -0.109. The van der Waals surface area contributed by atoms with E-state index in [9.17, 15) is 9.18 Å². The maximum atomic E-state index is 14.2. The first-order valence-corrected chi connectivity index (χ1v) is 11.9. The van der Waals surface area contributed by atoms with Crippen molar-refractivity contribution < 1.29 is 9.18 Å². The number of benzene rings is 2. The van der Waals surface area contributed by atoms with E-state index < -0.39 is 5.82 Å². The number of halogens is 1. The number of anilines is 2. The van der Waals surface area contributed by atoms with E-state index in [0.29, 0.717) is 10.9 Å². The molecule has 0 aliphatic rings. The fraction of sp³-hybridized carbons (Fsp3) is 0.136. The predicted octanol–water partition coefficient (Wildman–Crippen LogP) is 6.69. The van der Waals surface area contributed by atoms with E-state index >= 15 is 0 Å². The number of amides is 1. The van der Waals surface area contributed by atoms with Gasteiger partial charge in [0, 0.05) is 29.0 Å². The fourth-order valence-electron chi connectivity index (χ4n) is 2.82. The molecule has 0 saturated carbocycles. The third kappa shape index (κ3) is 4.61. The summed E-state index contributed by atoms with van der Waals surface area (Å²) < 4.78 is 15.2. The predicted molar refractivity (Wildman–Crippen MR) is 123 cm³/mol. The largest absolute Gasteiger partial charge is 0.274 e. The van der Waals surface area contributed by atoms with E-state index in [1.807, 2.05) is 5.38 Å². The van der Waals surface area contributed by atoms with Crippen LogP contribution in [-0.4, -0.2) is 15.9 Å². The quantitative estimate of drug-likeness (QED) is 0.304. The van der Waals surface area contributed by atoms with Crippen molar-refractivity contribution in [2.75, 3.05) is 4.90 Å². The molecule has 0 aliphatic carbocycles. The van der Waals surface area contributed by atoms with Crippen LogP contribution in [0.1, 0.15) is 18.2 Å². The molecule has 0 bridgehead atoms. The average molecular weight is 456 g/mol. The van der Waals surface area contributed by atoms with Gasteiger partial charge in [-0.3, -0.25) is 9.69 Å². The Morgan fingerprint density at radius 2 is 1.83 bits per heavy atom. The zero-order chi connectivity index (χ0) is 21.1.